The molecule has 2 aromatic carbocycles. The number of nitrogens with one attached hydrogen (secondary N) is 1. The second kappa shape index (κ2) is 7.89. The molecule has 25 heavy (non-hydrogen) atoms. The summed E-state index contributed by atoms with van der Waals surface area (Å²) in [6.07, 6.45) is 2.27. The van der Waals surface area contributed by atoms with Crippen LogP contribution < -0.4 is 14.8 Å². The minimum Gasteiger partial charge on any atom is -0.493 e. The van der Waals surface area contributed by atoms with Crippen LogP contribution in [0.5, 0.6) is 11.5 Å². The van der Waals surface area contributed by atoms with E-state index in [9.17, 15) is 0 Å². The van der Waals surface area contributed by atoms with Crippen LogP contribution in [0.3, 0.4) is 0 Å². The Morgan fingerprint density at radius 1 is 1.20 bits per heavy atom. The van der Waals surface area contributed by atoms with Gasteiger partial charge in [0.15, 0.2) is 11.5 Å². The van der Waals surface area contributed by atoms with Crippen LogP contribution in [0.2, 0.25) is 0 Å². The molecular weight excluding hydrogens is 314 g/mol. The molecule has 0 fully saturated rings. The average molecular weight is 341 g/mol. The maximum atomic E-state index is 8.92. The molecule has 0 heterocycles. The molecule has 0 spiro atoms. The molecule has 2 atom stereocenters. The molecule has 0 saturated heterocycles. The smallest absolute Gasteiger partial charge is 0.161 e. The van der Waals surface area contributed by atoms with Gasteiger partial charge in [-0.25, -0.2) is 0 Å². The molecule has 0 bridgehead atoms. The third-order valence-electron chi connectivity index (χ3n) is 4.87. The Bertz CT molecular complexity index is 729. The van der Waals surface area contributed by atoms with Crippen molar-refractivity contribution in [3.63, 3.8) is 0 Å². The molecule has 4 nitrogen and oxygen atoms in total. The highest BCUT2D eigenvalue weighted by Crippen LogP contribution is 2.35. The van der Waals surface area contributed by atoms with Crippen molar-refractivity contribution < 1.29 is 14.6 Å². The molecule has 2 N–H and O–H groups in total. The number of rotatable bonds is 7. The first kappa shape index (κ1) is 17.8. The highest BCUT2D eigenvalue weighted by molar-refractivity contribution is 5.44. The van der Waals surface area contributed by atoms with Crippen molar-refractivity contribution in [2.45, 2.75) is 38.8 Å². The summed E-state index contributed by atoms with van der Waals surface area (Å²) in [7, 11) is 1.64. The van der Waals surface area contributed by atoms with E-state index in [1.807, 2.05) is 12.1 Å². The Balaban J connectivity index is 1.74. The van der Waals surface area contributed by atoms with Crippen molar-refractivity contribution in [1.82, 2.24) is 5.32 Å². The summed E-state index contributed by atoms with van der Waals surface area (Å²) in [5, 5.41) is 12.7. The van der Waals surface area contributed by atoms with Gasteiger partial charge in [0.1, 0.15) is 6.61 Å². The molecule has 0 aliphatic heterocycles. The van der Waals surface area contributed by atoms with Crippen molar-refractivity contribution >= 4 is 0 Å². The van der Waals surface area contributed by atoms with Crippen LogP contribution in [-0.2, 0) is 6.42 Å². The van der Waals surface area contributed by atoms with Gasteiger partial charge in [0, 0.05) is 12.1 Å². The number of hydrogen-bond acceptors (Lipinski definition) is 4. The largest absolute Gasteiger partial charge is 0.493 e. The molecule has 1 aliphatic carbocycles. The van der Waals surface area contributed by atoms with E-state index in [4.69, 9.17) is 14.6 Å². The van der Waals surface area contributed by atoms with Gasteiger partial charge in [-0.15, -0.1) is 0 Å². The van der Waals surface area contributed by atoms with Gasteiger partial charge < -0.3 is 19.9 Å². The molecule has 1 aliphatic rings. The number of fused-ring (bicyclic) bond motifs is 1. The minimum atomic E-state index is -0.0105. The van der Waals surface area contributed by atoms with Gasteiger partial charge in [-0.2, -0.15) is 0 Å². The van der Waals surface area contributed by atoms with Crippen molar-refractivity contribution in [2.75, 3.05) is 20.3 Å². The van der Waals surface area contributed by atoms with E-state index in [0.717, 1.165) is 18.4 Å². The van der Waals surface area contributed by atoms with Gasteiger partial charge in [0.2, 0.25) is 0 Å². The highest BCUT2D eigenvalue weighted by atomic mass is 16.5. The fourth-order valence-electron chi connectivity index (χ4n) is 3.52. The molecule has 4 heteroatoms. The van der Waals surface area contributed by atoms with Gasteiger partial charge in [0.25, 0.3) is 0 Å². The fourth-order valence-corrected chi connectivity index (χ4v) is 3.52. The van der Waals surface area contributed by atoms with Crippen LogP contribution in [-0.4, -0.2) is 25.4 Å². The molecule has 0 unspecified atom stereocenters. The van der Waals surface area contributed by atoms with Crippen LogP contribution >= 0.6 is 0 Å². The summed E-state index contributed by atoms with van der Waals surface area (Å²) in [6, 6.07) is 13.3. The van der Waals surface area contributed by atoms with E-state index in [-0.39, 0.29) is 19.3 Å². The number of ether oxygens (including phenoxy) is 2. The second-order valence-electron chi connectivity index (χ2n) is 6.66. The molecule has 0 radical (unpaired) electrons. The van der Waals surface area contributed by atoms with Gasteiger partial charge >= 0.3 is 0 Å². The van der Waals surface area contributed by atoms with Crippen molar-refractivity contribution in [1.29, 1.82) is 0 Å². The number of methoxy groups -OCH3 is 1. The molecular formula is C21H27NO3. The lowest BCUT2D eigenvalue weighted by Gasteiger charge is -2.22. The Morgan fingerprint density at radius 3 is 2.80 bits per heavy atom. The van der Waals surface area contributed by atoms with E-state index < -0.39 is 0 Å². The number of benzene rings is 2. The van der Waals surface area contributed by atoms with Gasteiger partial charge in [-0.1, -0.05) is 29.8 Å². The Hall–Kier alpha value is -2.04. The molecule has 134 valence electrons. The standard InChI is InChI=1S/C21H27NO3/c1-14-4-5-16-6-8-19(18(16)12-14)22-15(2)17-7-9-20(25-11-10-23)21(13-17)24-3/h4-5,7,9,12-13,15,19,22-23H,6,8,10-11H2,1-3H3/t15-,19-/m1/s1. The van der Waals surface area contributed by atoms with Crippen LogP contribution in [0.15, 0.2) is 36.4 Å². The predicted octanol–water partition coefficient (Wildman–Crippen LogP) is 3.71. The molecule has 2 aromatic rings. The summed E-state index contributed by atoms with van der Waals surface area (Å²) >= 11 is 0. The Morgan fingerprint density at radius 2 is 2.04 bits per heavy atom. The third kappa shape index (κ3) is 3.97. The zero-order chi connectivity index (χ0) is 17.8. The molecule has 0 saturated carbocycles. The monoisotopic (exact) mass is 341 g/mol. The third-order valence-corrected chi connectivity index (χ3v) is 4.87. The second-order valence-corrected chi connectivity index (χ2v) is 6.66. The van der Waals surface area contributed by atoms with Gasteiger partial charge in [-0.05, 0) is 55.5 Å². The van der Waals surface area contributed by atoms with Crippen molar-refractivity contribution in [3.05, 3.63) is 58.7 Å². The van der Waals surface area contributed by atoms with E-state index in [1.165, 1.54) is 16.7 Å². The number of aliphatic hydroxyl groups is 1. The fraction of sp³-hybridized carbons (Fsp3) is 0.429. The summed E-state index contributed by atoms with van der Waals surface area (Å²) < 4.78 is 11.0. The van der Waals surface area contributed by atoms with E-state index in [1.54, 1.807) is 7.11 Å². The van der Waals surface area contributed by atoms with Crippen molar-refractivity contribution in [3.8, 4) is 11.5 Å². The Kier molecular flexibility index (Phi) is 5.61. The maximum absolute atomic E-state index is 8.92. The average Bonchev–Trinajstić information content (AvgIpc) is 3.01. The van der Waals surface area contributed by atoms with Crippen LogP contribution in [0.4, 0.5) is 0 Å². The number of aliphatic hydroxyl groups excluding tert-OH is 1. The predicted molar refractivity (Wildman–Crippen MR) is 99.4 cm³/mol. The summed E-state index contributed by atoms with van der Waals surface area (Å²) in [4.78, 5) is 0. The zero-order valence-electron chi connectivity index (χ0n) is 15.2. The lowest BCUT2D eigenvalue weighted by atomic mass is 10.0. The molecule has 3 rings (SSSR count). The van der Waals surface area contributed by atoms with Gasteiger partial charge in [0.05, 0.1) is 13.7 Å². The van der Waals surface area contributed by atoms with E-state index in [0.29, 0.717) is 17.5 Å². The van der Waals surface area contributed by atoms with Crippen LogP contribution in [0.25, 0.3) is 0 Å². The highest BCUT2D eigenvalue weighted by Gasteiger charge is 2.24. The summed E-state index contributed by atoms with van der Waals surface area (Å²) in [5.74, 6) is 1.36. The molecule has 0 amide bonds. The topological polar surface area (TPSA) is 50.7 Å². The lowest BCUT2D eigenvalue weighted by Crippen LogP contribution is -2.23. The summed E-state index contributed by atoms with van der Waals surface area (Å²) in [6.45, 7) is 4.58. The first-order chi connectivity index (χ1) is 12.1. The number of aryl methyl sites for hydroxylation is 2. The van der Waals surface area contributed by atoms with E-state index >= 15 is 0 Å². The minimum absolute atomic E-state index is 0.0105. The quantitative estimate of drug-likeness (QED) is 0.806. The maximum Gasteiger partial charge on any atom is 0.161 e. The van der Waals surface area contributed by atoms with Crippen LogP contribution in [0.1, 0.15) is 47.7 Å². The van der Waals surface area contributed by atoms with E-state index in [2.05, 4.69) is 43.4 Å². The van der Waals surface area contributed by atoms with Crippen molar-refractivity contribution in [2.24, 2.45) is 0 Å². The van der Waals surface area contributed by atoms with Gasteiger partial charge in [-0.3, -0.25) is 0 Å². The summed E-state index contributed by atoms with van der Waals surface area (Å²) in [5.41, 5.74) is 5.36. The first-order valence-electron chi connectivity index (χ1n) is 8.89. The first-order valence-corrected chi connectivity index (χ1v) is 8.89. The van der Waals surface area contributed by atoms with Crippen LogP contribution in [0, 0.1) is 6.92 Å². The lowest BCUT2D eigenvalue weighted by molar-refractivity contribution is 0.196. The molecule has 0 aromatic heterocycles. The Labute approximate surface area is 149 Å². The number of hydrogen-bond donors (Lipinski definition) is 2. The zero-order valence-corrected chi connectivity index (χ0v) is 15.2. The SMILES string of the molecule is COc1cc([C@@H](C)N[C@@H]2CCc3ccc(C)cc32)ccc1OCCO. The normalized spacial score (nSPS) is 17.2.